The molecule has 0 heterocycles. The second-order valence-electron chi connectivity index (χ2n) is 7.93. The molecule has 6 unspecified atom stereocenters. The van der Waals surface area contributed by atoms with Gasteiger partial charge in [-0.1, -0.05) is 40.5 Å². The highest BCUT2D eigenvalue weighted by molar-refractivity contribution is 7.80. The summed E-state index contributed by atoms with van der Waals surface area (Å²) in [4.78, 5) is 60.4. The molecule has 12 heteroatoms. The highest BCUT2D eigenvalue weighted by Crippen LogP contribution is 2.09. The molecule has 0 aliphatic heterocycles. The zero-order valence-electron chi connectivity index (χ0n) is 19.1. The molecular formula is C20H37N5O6S. The van der Waals surface area contributed by atoms with E-state index >= 15 is 0 Å². The largest absolute Gasteiger partial charge is 0.480 e. The van der Waals surface area contributed by atoms with Crippen molar-refractivity contribution in [3.05, 3.63) is 0 Å². The van der Waals surface area contributed by atoms with E-state index in [0.717, 1.165) is 0 Å². The predicted molar refractivity (Wildman–Crippen MR) is 123 cm³/mol. The van der Waals surface area contributed by atoms with Crippen LogP contribution in [0.5, 0.6) is 0 Å². The maximum absolute atomic E-state index is 12.8. The Labute approximate surface area is 194 Å². The van der Waals surface area contributed by atoms with Crippen molar-refractivity contribution in [3.63, 3.8) is 0 Å². The van der Waals surface area contributed by atoms with Crippen LogP contribution in [0.3, 0.4) is 0 Å². The molecule has 4 amide bonds. The molecule has 0 rings (SSSR count). The number of nitrogens with two attached hydrogens (primary N) is 2. The van der Waals surface area contributed by atoms with Crippen LogP contribution in [0, 0.1) is 11.8 Å². The lowest BCUT2D eigenvalue weighted by Crippen LogP contribution is -2.58. The number of nitrogens with one attached hydrogen (secondary N) is 3. The molecule has 0 aliphatic rings. The lowest BCUT2D eigenvalue weighted by molar-refractivity contribution is -0.143. The third-order valence-electron chi connectivity index (χ3n) is 5.46. The van der Waals surface area contributed by atoms with E-state index in [9.17, 15) is 29.1 Å². The number of hydrogen-bond acceptors (Lipinski definition) is 7. The number of hydrogen-bond donors (Lipinski definition) is 7. The molecule has 0 fully saturated rings. The van der Waals surface area contributed by atoms with Crippen LogP contribution >= 0.6 is 12.6 Å². The van der Waals surface area contributed by atoms with Crippen LogP contribution in [-0.4, -0.2) is 64.6 Å². The highest BCUT2D eigenvalue weighted by Gasteiger charge is 2.32. The second-order valence-corrected chi connectivity index (χ2v) is 8.30. The Hall–Kier alpha value is -2.34. The lowest BCUT2D eigenvalue weighted by atomic mass is 9.98. The first kappa shape index (κ1) is 29.7. The summed E-state index contributed by atoms with van der Waals surface area (Å²) in [5, 5.41) is 16.7. The summed E-state index contributed by atoms with van der Waals surface area (Å²) in [6.07, 6.45) is 0.901. The van der Waals surface area contributed by atoms with Crippen LogP contribution < -0.4 is 27.4 Å². The normalized spacial score (nSPS) is 16.6. The molecule has 8 N–H and O–H groups in total. The summed E-state index contributed by atoms with van der Waals surface area (Å²) < 4.78 is 0. The van der Waals surface area contributed by atoms with Crippen molar-refractivity contribution in [3.8, 4) is 0 Å². The average molecular weight is 476 g/mol. The van der Waals surface area contributed by atoms with Crippen molar-refractivity contribution in [1.29, 1.82) is 0 Å². The zero-order valence-corrected chi connectivity index (χ0v) is 20.0. The fourth-order valence-corrected chi connectivity index (χ4v) is 3.00. The Morgan fingerprint density at radius 3 is 1.81 bits per heavy atom. The SMILES string of the molecule is CCC(C)C(N)C(=O)NC(CCC(N)=O)C(=O)NC(CS)C(=O)NC(C(=O)O)C(C)CC. The van der Waals surface area contributed by atoms with E-state index in [2.05, 4.69) is 28.6 Å². The molecule has 0 aromatic carbocycles. The standard InChI is InChI=1S/C20H37N5O6S/c1-5-10(3)15(22)19(29)23-12(7-8-14(21)26)17(27)24-13(9-32)18(28)25-16(20(30)31)11(4)6-2/h10-13,15-16,32H,5-9,22H2,1-4H3,(H2,21,26)(H,23,29)(H,24,27)(H,25,28)(H,30,31). The van der Waals surface area contributed by atoms with Crippen LogP contribution in [0.15, 0.2) is 0 Å². The molecular weight excluding hydrogens is 438 g/mol. The Balaban J connectivity index is 5.38. The molecule has 0 saturated heterocycles. The number of carbonyl (C=O) groups is 5. The molecule has 32 heavy (non-hydrogen) atoms. The molecule has 0 aromatic rings. The van der Waals surface area contributed by atoms with Gasteiger partial charge in [-0.25, -0.2) is 4.79 Å². The summed E-state index contributed by atoms with van der Waals surface area (Å²) >= 11 is 4.07. The minimum Gasteiger partial charge on any atom is -0.480 e. The second kappa shape index (κ2) is 14.7. The van der Waals surface area contributed by atoms with Gasteiger partial charge in [0.2, 0.25) is 23.6 Å². The number of carbonyl (C=O) groups excluding carboxylic acids is 4. The van der Waals surface area contributed by atoms with Crippen molar-refractivity contribution < 1.29 is 29.1 Å². The van der Waals surface area contributed by atoms with Crippen molar-refractivity contribution in [2.24, 2.45) is 23.3 Å². The summed E-state index contributed by atoms with van der Waals surface area (Å²) in [7, 11) is 0. The summed E-state index contributed by atoms with van der Waals surface area (Å²) in [6.45, 7) is 7.14. The Morgan fingerprint density at radius 2 is 1.38 bits per heavy atom. The summed E-state index contributed by atoms with van der Waals surface area (Å²) in [6, 6.07) is -4.32. The van der Waals surface area contributed by atoms with Gasteiger partial charge in [0.1, 0.15) is 18.1 Å². The van der Waals surface area contributed by atoms with Gasteiger partial charge in [-0.05, 0) is 18.3 Å². The van der Waals surface area contributed by atoms with E-state index in [4.69, 9.17) is 11.5 Å². The molecule has 0 bridgehead atoms. The fraction of sp³-hybridized carbons (Fsp3) is 0.750. The minimum absolute atomic E-state index is 0.0916. The third-order valence-corrected chi connectivity index (χ3v) is 5.83. The molecule has 0 saturated carbocycles. The summed E-state index contributed by atoms with van der Waals surface area (Å²) in [5.74, 6) is -4.48. The lowest BCUT2D eigenvalue weighted by Gasteiger charge is -2.26. The topological polar surface area (TPSA) is 194 Å². The van der Waals surface area contributed by atoms with E-state index in [1.165, 1.54) is 0 Å². The maximum atomic E-state index is 12.8. The number of primary amides is 1. The van der Waals surface area contributed by atoms with Gasteiger partial charge in [0.05, 0.1) is 6.04 Å². The van der Waals surface area contributed by atoms with E-state index in [1.807, 2.05) is 6.92 Å². The smallest absolute Gasteiger partial charge is 0.326 e. The Kier molecular flexibility index (Phi) is 13.6. The van der Waals surface area contributed by atoms with Gasteiger partial charge in [0.25, 0.3) is 0 Å². The number of thiol groups is 1. The number of amides is 4. The molecule has 184 valence electrons. The third kappa shape index (κ3) is 9.86. The van der Waals surface area contributed by atoms with Crippen molar-refractivity contribution in [2.45, 2.75) is 77.5 Å². The van der Waals surface area contributed by atoms with Gasteiger partial charge in [-0.2, -0.15) is 12.6 Å². The van der Waals surface area contributed by atoms with Gasteiger partial charge < -0.3 is 32.5 Å². The average Bonchev–Trinajstić information content (AvgIpc) is 2.75. The van der Waals surface area contributed by atoms with E-state index < -0.39 is 53.8 Å². The van der Waals surface area contributed by atoms with Gasteiger partial charge in [0.15, 0.2) is 0 Å². The van der Waals surface area contributed by atoms with E-state index in [0.29, 0.717) is 12.8 Å². The number of carboxylic acids is 1. The molecule has 0 radical (unpaired) electrons. The van der Waals surface area contributed by atoms with Crippen LogP contribution in [0.2, 0.25) is 0 Å². The fourth-order valence-electron chi connectivity index (χ4n) is 2.74. The first-order valence-corrected chi connectivity index (χ1v) is 11.3. The Bertz CT molecular complexity index is 677. The highest BCUT2D eigenvalue weighted by atomic mass is 32.1. The van der Waals surface area contributed by atoms with Gasteiger partial charge in [-0.3, -0.25) is 19.2 Å². The van der Waals surface area contributed by atoms with E-state index in [-0.39, 0.29) is 30.4 Å². The van der Waals surface area contributed by atoms with Crippen LogP contribution in [0.1, 0.15) is 53.4 Å². The summed E-state index contributed by atoms with van der Waals surface area (Å²) in [5.41, 5.74) is 11.1. The molecule has 0 aliphatic carbocycles. The van der Waals surface area contributed by atoms with Crippen molar-refractivity contribution in [2.75, 3.05) is 5.75 Å². The predicted octanol–water partition coefficient (Wildman–Crippen LogP) is -0.860. The number of rotatable bonds is 15. The molecule has 6 atom stereocenters. The van der Waals surface area contributed by atoms with Gasteiger partial charge in [-0.15, -0.1) is 0 Å². The molecule has 11 nitrogen and oxygen atoms in total. The van der Waals surface area contributed by atoms with E-state index in [1.54, 1.807) is 20.8 Å². The number of aliphatic carboxylic acids is 1. The zero-order chi connectivity index (χ0) is 25.0. The number of carboxylic acid groups (broad SMARTS) is 1. The maximum Gasteiger partial charge on any atom is 0.326 e. The molecule has 0 spiro atoms. The minimum atomic E-state index is -1.19. The monoisotopic (exact) mass is 475 g/mol. The van der Waals surface area contributed by atoms with Crippen molar-refractivity contribution in [1.82, 2.24) is 16.0 Å². The quantitative estimate of drug-likeness (QED) is 0.150. The van der Waals surface area contributed by atoms with Crippen molar-refractivity contribution >= 4 is 42.2 Å². The van der Waals surface area contributed by atoms with Gasteiger partial charge >= 0.3 is 5.97 Å². The van der Waals surface area contributed by atoms with Gasteiger partial charge in [0, 0.05) is 12.2 Å². The van der Waals surface area contributed by atoms with Crippen LogP contribution in [0.4, 0.5) is 0 Å². The molecule has 0 aromatic heterocycles. The Morgan fingerprint density at radius 1 is 0.875 bits per heavy atom. The first-order chi connectivity index (χ1) is 14.9. The first-order valence-electron chi connectivity index (χ1n) is 10.7. The van der Waals surface area contributed by atoms with Crippen LogP contribution in [0.25, 0.3) is 0 Å². The van der Waals surface area contributed by atoms with Crippen LogP contribution in [-0.2, 0) is 24.0 Å².